The molecule has 0 unspecified atom stereocenters. The van der Waals surface area contributed by atoms with Crippen LogP contribution in [0, 0.1) is 0 Å². The van der Waals surface area contributed by atoms with Gasteiger partial charge in [-0.2, -0.15) is 9.90 Å². The molecule has 0 fully saturated rings. The third-order valence-electron chi connectivity index (χ3n) is 2.47. The Morgan fingerprint density at radius 2 is 2.30 bits per heavy atom. The molecule has 1 aromatic heterocycles. The number of hydrogen-bond donors (Lipinski definition) is 1. The Balaban J connectivity index is 2.31. The molecule has 0 aliphatic heterocycles. The molecule has 118 valence electrons. The fraction of sp³-hybridized carbons (Fsp3) is 0.0833. The first-order valence-corrected chi connectivity index (χ1v) is 7.65. The first kappa shape index (κ1) is 17.0. The van der Waals surface area contributed by atoms with Gasteiger partial charge in [0.1, 0.15) is 0 Å². The van der Waals surface area contributed by atoms with Gasteiger partial charge in [-0.15, -0.1) is 5.53 Å². The van der Waals surface area contributed by atoms with Crippen LogP contribution in [0.25, 0.3) is 21.7 Å². The molecule has 0 radical (unpaired) electrons. The minimum Gasteiger partial charge on any atom is -0.481 e. The van der Waals surface area contributed by atoms with Gasteiger partial charge in [-0.1, -0.05) is 56.9 Å². The summed E-state index contributed by atoms with van der Waals surface area (Å²) in [5.74, 6) is -1.06. The zero-order valence-corrected chi connectivity index (χ0v) is 13.6. The van der Waals surface area contributed by atoms with Crippen LogP contribution in [-0.2, 0) is 4.79 Å². The van der Waals surface area contributed by atoms with Crippen LogP contribution >= 0.6 is 34.5 Å². The summed E-state index contributed by atoms with van der Waals surface area (Å²) < 4.78 is 0. The highest BCUT2D eigenvalue weighted by Gasteiger charge is 2.16. The highest BCUT2D eigenvalue weighted by atomic mass is 35.5. The maximum Gasteiger partial charge on any atom is 0.309 e. The topological polar surface area (TPSA) is 115 Å². The molecule has 0 atom stereocenters. The van der Waals surface area contributed by atoms with E-state index in [2.05, 4.69) is 20.2 Å². The van der Waals surface area contributed by atoms with Crippen molar-refractivity contribution in [2.75, 3.05) is 5.12 Å². The van der Waals surface area contributed by atoms with Crippen LogP contribution in [-0.4, -0.2) is 22.3 Å². The van der Waals surface area contributed by atoms with Crippen molar-refractivity contribution in [1.29, 1.82) is 0 Å². The standard InChI is InChI=1S/C12H8Cl2N6O2S/c13-8-3-1-2-7(11(8)14)9-6-23-12(17-9)20(19-18-15)16-5-4-10(21)22/h1-3,5-6H,4H2,(H,21,22). The van der Waals surface area contributed by atoms with E-state index in [1.54, 1.807) is 23.6 Å². The fourth-order valence-corrected chi connectivity index (χ4v) is 2.65. The molecule has 0 aliphatic rings. The fourth-order valence-electron chi connectivity index (χ4n) is 1.53. The largest absolute Gasteiger partial charge is 0.481 e. The van der Waals surface area contributed by atoms with Crippen LogP contribution in [0.15, 0.2) is 33.9 Å². The number of hydrazone groups is 1. The van der Waals surface area contributed by atoms with Crippen LogP contribution < -0.4 is 5.12 Å². The van der Waals surface area contributed by atoms with Gasteiger partial charge < -0.3 is 5.11 Å². The van der Waals surface area contributed by atoms with Crippen LogP contribution in [0.3, 0.4) is 0 Å². The van der Waals surface area contributed by atoms with Gasteiger partial charge >= 0.3 is 11.1 Å². The molecule has 2 rings (SSSR count). The number of aliphatic carboxylic acids is 1. The van der Waals surface area contributed by atoms with Crippen LogP contribution in [0.2, 0.25) is 10.0 Å². The zero-order chi connectivity index (χ0) is 16.8. The van der Waals surface area contributed by atoms with E-state index in [9.17, 15) is 4.79 Å². The van der Waals surface area contributed by atoms with Crippen molar-refractivity contribution in [2.24, 2.45) is 10.3 Å². The number of benzene rings is 1. The lowest BCUT2D eigenvalue weighted by Crippen LogP contribution is -2.07. The van der Waals surface area contributed by atoms with Gasteiger partial charge in [0.15, 0.2) is 0 Å². The lowest BCUT2D eigenvalue weighted by molar-refractivity contribution is -0.135. The van der Waals surface area contributed by atoms with E-state index in [0.29, 0.717) is 21.3 Å². The summed E-state index contributed by atoms with van der Waals surface area (Å²) in [4.78, 5) is 17.4. The summed E-state index contributed by atoms with van der Waals surface area (Å²) in [7, 11) is 0. The maximum absolute atomic E-state index is 10.5. The minimum atomic E-state index is -1.06. The Morgan fingerprint density at radius 1 is 1.52 bits per heavy atom. The third-order valence-corrected chi connectivity index (χ3v) is 4.10. The van der Waals surface area contributed by atoms with E-state index in [-0.39, 0.29) is 11.6 Å². The predicted molar refractivity (Wildman–Crippen MR) is 89.9 cm³/mol. The Bertz CT molecular complexity index is 803. The smallest absolute Gasteiger partial charge is 0.309 e. The number of carbonyl (C=O) groups is 1. The summed E-state index contributed by atoms with van der Waals surface area (Å²) in [5, 5.41) is 19.3. The molecule has 8 nitrogen and oxygen atoms in total. The van der Waals surface area contributed by atoms with Crippen molar-refractivity contribution in [3.63, 3.8) is 0 Å². The lowest BCUT2D eigenvalue weighted by atomic mass is 10.2. The Hall–Kier alpha value is -2.32. The number of nitrogens with zero attached hydrogens (tertiary/aromatic N) is 6. The zero-order valence-electron chi connectivity index (χ0n) is 11.3. The van der Waals surface area contributed by atoms with Gasteiger partial charge in [0.2, 0.25) is 0 Å². The maximum atomic E-state index is 10.5. The van der Waals surface area contributed by atoms with E-state index in [1.807, 2.05) is 0 Å². The molecule has 0 spiro atoms. The number of hydrogen-bond acceptors (Lipinski definition) is 5. The normalized spacial score (nSPS) is 10.5. The minimum absolute atomic E-state index is 0.260. The van der Waals surface area contributed by atoms with Gasteiger partial charge in [-0.05, 0) is 6.07 Å². The van der Waals surface area contributed by atoms with Crippen LogP contribution in [0.4, 0.5) is 5.13 Å². The number of rotatable bonds is 6. The number of thiazole rings is 1. The quantitative estimate of drug-likeness (QED) is 0.262. The molecule has 1 aromatic carbocycles. The molecule has 1 N–H and O–H groups in total. The number of azide groups is 1. The van der Waals surface area contributed by atoms with Gasteiger partial charge in [-0.3, -0.25) is 4.79 Å². The van der Waals surface area contributed by atoms with E-state index in [1.165, 1.54) is 0 Å². The van der Waals surface area contributed by atoms with Crippen molar-refractivity contribution >= 4 is 51.9 Å². The second-order valence-electron chi connectivity index (χ2n) is 3.98. The van der Waals surface area contributed by atoms with E-state index in [4.69, 9.17) is 33.8 Å². The molecule has 0 aliphatic carbocycles. The lowest BCUT2D eigenvalue weighted by Gasteiger charge is -2.02. The Labute approximate surface area is 144 Å². The number of anilines is 1. The SMILES string of the molecule is [N-]=[N+]=NN(N=CCC(=O)O)c1nc(-c2cccc(Cl)c2Cl)cs1. The van der Waals surface area contributed by atoms with Gasteiger partial charge in [-0.25, -0.2) is 0 Å². The van der Waals surface area contributed by atoms with E-state index < -0.39 is 5.97 Å². The van der Waals surface area contributed by atoms with Gasteiger partial charge in [0.05, 0.1) is 28.4 Å². The number of carboxylic acids is 1. The van der Waals surface area contributed by atoms with Crippen LogP contribution in [0.5, 0.6) is 0 Å². The van der Waals surface area contributed by atoms with E-state index >= 15 is 0 Å². The van der Waals surface area contributed by atoms with E-state index in [0.717, 1.165) is 22.7 Å². The van der Waals surface area contributed by atoms with Crippen molar-refractivity contribution in [2.45, 2.75) is 6.42 Å². The summed E-state index contributed by atoms with van der Waals surface area (Å²) in [5.41, 5.74) is 9.73. The average molecular weight is 371 g/mol. The number of carboxylic acid groups (broad SMARTS) is 1. The second-order valence-corrected chi connectivity index (χ2v) is 5.60. The second kappa shape index (κ2) is 7.80. The highest BCUT2D eigenvalue weighted by Crippen LogP contribution is 2.35. The summed E-state index contributed by atoms with van der Waals surface area (Å²) in [6.07, 6.45) is 0.792. The Morgan fingerprint density at radius 3 is 3.00 bits per heavy atom. The Kier molecular flexibility index (Phi) is 5.78. The van der Waals surface area contributed by atoms with Crippen molar-refractivity contribution in [1.82, 2.24) is 4.98 Å². The molecule has 0 bridgehead atoms. The number of aromatic nitrogens is 1. The first-order valence-electron chi connectivity index (χ1n) is 6.02. The molecule has 0 saturated heterocycles. The number of halogens is 2. The van der Waals surface area contributed by atoms with Crippen molar-refractivity contribution in [3.8, 4) is 11.3 Å². The van der Waals surface area contributed by atoms with Gasteiger partial charge in [0.25, 0.3) is 0 Å². The van der Waals surface area contributed by atoms with Crippen molar-refractivity contribution < 1.29 is 9.90 Å². The monoisotopic (exact) mass is 370 g/mol. The third kappa shape index (κ3) is 4.33. The molecule has 0 amide bonds. The molecular weight excluding hydrogens is 363 g/mol. The average Bonchev–Trinajstić information content (AvgIpc) is 2.98. The molecule has 0 saturated carbocycles. The molecule has 23 heavy (non-hydrogen) atoms. The molecule has 2 aromatic rings. The van der Waals surface area contributed by atoms with Crippen LogP contribution in [0.1, 0.15) is 6.42 Å². The predicted octanol–water partition coefficient (Wildman–Crippen LogP) is 4.61. The first-order chi connectivity index (χ1) is 11.0. The van der Waals surface area contributed by atoms with Gasteiger partial charge in [0, 0.05) is 16.2 Å². The summed E-state index contributed by atoms with van der Waals surface area (Å²) >= 11 is 13.3. The highest BCUT2D eigenvalue weighted by molar-refractivity contribution is 7.14. The molecular formula is C12H8Cl2N6O2S. The van der Waals surface area contributed by atoms with Crippen molar-refractivity contribution in [3.05, 3.63) is 44.1 Å². The summed E-state index contributed by atoms with van der Waals surface area (Å²) in [6.45, 7) is 0. The molecule has 11 heteroatoms. The summed E-state index contributed by atoms with van der Waals surface area (Å²) in [6, 6.07) is 5.14. The molecule has 1 heterocycles.